The molecule has 2 rings (SSSR count). The quantitative estimate of drug-likeness (QED) is 0.734. The average Bonchev–Trinajstić information content (AvgIpc) is 2.33. The summed E-state index contributed by atoms with van der Waals surface area (Å²) in [6.07, 6.45) is 3.06. The normalized spacial score (nSPS) is 9.81. The molecule has 0 N–H and O–H groups in total. The molecule has 0 aliphatic heterocycles. The SMILES string of the molecule is N#Cc1cc(F)c(F)cc1-c1cccnc1. The minimum atomic E-state index is -1.02. The Labute approximate surface area is 90.8 Å². The maximum absolute atomic E-state index is 13.1. The van der Waals surface area contributed by atoms with E-state index < -0.39 is 11.6 Å². The van der Waals surface area contributed by atoms with E-state index in [-0.39, 0.29) is 5.56 Å². The van der Waals surface area contributed by atoms with Crippen molar-refractivity contribution in [3.63, 3.8) is 0 Å². The summed E-state index contributed by atoms with van der Waals surface area (Å²) in [4.78, 5) is 3.86. The van der Waals surface area contributed by atoms with Crippen molar-refractivity contribution in [2.24, 2.45) is 0 Å². The Morgan fingerprint density at radius 2 is 1.94 bits per heavy atom. The fraction of sp³-hybridized carbons (Fsp3) is 0. The second-order valence-corrected chi connectivity index (χ2v) is 3.17. The molecule has 0 unspecified atom stereocenters. The largest absolute Gasteiger partial charge is 0.264 e. The summed E-state index contributed by atoms with van der Waals surface area (Å²) < 4.78 is 26.0. The second kappa shape index (κ2) is 4.07. The van der Waals surface area contributed by atoms with Crippen LogP contribution < -0.4 is 0 Å². The Kier molecular flexibility index (Phi) is 2.61. The van der Waals surface area contributed by atoms with Crippen molar-refractivity contribution in [2.75, 3.05) is 0 Å². The topological polar surface area (TPSA) is 36.7 Å². The number of hydrogen-bond donors (Lipinski definition) is 0. The molecule has 0 amide bonds. The van der Waals surface area contributed by atoms with Crippen molar-refractivity contribution in [2.45, 2.75) is 0 Å². The van der Waals surface area contributed by atoms with E-state index >= 15 is 0 Å². The third kappa shape index (κ3) is 1.75. The van der Waals surface area contributed by atoms with Crippen LogP contribution >= 0.6 is 0 Å². The molecule has 1 aromatic carbocycles. The average molecular weight is 216 g/mol. The predicted octanol–water partition coefficient (Wildman–Crippen LogP) is 2.90. The van der Waals surface area contributed by atoms with Crippen LogP contribution in [0, 0.1) is 23.0 Å². The van der Waals surface area contributed by atoms with Crippen molar-refractivity contribution in [1.82, 2.24) is 4.98 Å². The zero-order chi connectivity index (χ0) is 11.5. The standard InChI is InChI=1S/C12H6F2N2/c13-11-4-9(6-15)10(5-12(11)14)8-2-1-3-16-7-8/h1-5,7H. The van der Waals surface area contributed by atoms with Gasteiger partial charge < -0.3 is 0 Å². The van der Waals surface area contributed by atoms with E-state index in [1.54, 1.807) is 18.3 Å². The number of aromatic nitrogens is 1. The number of benzene rings is 1. The highest BCUT2D eigenvalue weighted by Crippen LogP contribution is 2.24. The molecule has 2 nitrogen and oxygen atoms in total. The van der Waals surface area contributed by atoms with E-state index in [4.69, 9.17) is 5.26 Å². The number of pyridine rings is 1. The van der Waals surface area contributed by atoms with Gasteiger partial charge >= 0.3 is 0 Å². The molecule has 0 fully saturated rings. The van der Waals surface area contributed by atoms with Gasteiger partial charge in [-0.2, -0.15) is 5.26 Å². The molecule has 2 aromatic rings. The first-order valence-electron chi connectivity index (χ1n) is 4.52. The number of nitriles is 1. The highest BCUT2D eigenvalue weighted by Gasteiger charge is 2.10. The smallest absolute Gasteiger partial charge is 0.160 e. The van der Waals surface area contributed by atoms with Crippen LogP contribution in [0.5, 0.6) is 0 Å². The van der Waals surface area contributed by atoms with Gasteiger partial charge in [-0.15, -0.1) is 0 Å². The molecular formula is C12H6F2N2. The van der Waals surface area contributed by atoms with Crippen LogP contribution in [-0.4, -0.2) is 4.98 Å². The molecule has 0 bridgehead atoms. The van der Waals surface area contributed by atoms with Gasteiger partial charge in [0.25, 0.3) is 0 Å². The summed E-state index contributed by atoms with van der Waals surface area (Å²) in [6, 6.07) is 7.06. The minimum absolute atomic E-state index is 0.0897. The van der Waals surface area contributed by atoms with Crippen molar-refractivity contribution in [1.29, 1.82) is 5.26 Å². The molecular weight excluding hydrogens is 210 g/mol. The van der Waals surface area contributed by atoms with Crippen molar-refractivity contribution in [3.8, 4) is 17.2 Å². The summed E-state index contributed by atoms with van der Waals surface area (Å²) in [5.74, 6) is -2.00. The molecule has 16 heavy (non-hydrogen) atoms. The van der Waals surface area contributed by atoms with Gasteiger partial charge in [0, 0.05) is 23.5 Å². The van der Waals surface area contributed by atoms with Gasteiger partial charge in [-0.05, 0) is 18.2 Å². The molecule has 78 valence electrons. The van der Waals surface area contributed by atoms with Crippen LogP contribution in [-0.2, 0) is 0 Å². The maximum atomic E-state index is 13.1. The molecule has 0 aliphatic carbocycles. The predicted molar refractivity (Wildman–Crippen MR) is 54.3 cm³/mol. The first kappa shape index (κ1) is 10.2. The van der Waals surface area contributed by atoms with Crippen LogP contribution in [0.2, 0.25) is 0 Å². The lowest BCUT2D eigenvalue weighted by molar-refractivity contribution is 0.508. The molecule has 0 spiro atoms. The third-order valence-corrected chi connectivity index (χ3v) is 2.15. The summed E-state index contributed by atoms with van der Waals surface area (Å²) >= 11 is 0. The Morgan fingerprint density at radius 1 is 1.19 bits per heavy atom. The maximum Gasteiger partial charge on any atom is 0.160 e. The summed E-state index contributed by atoms with van der Waals surface area (Å²) in [5, 5.41) is 8.84. The van der Waals surface area contributed by atoms with Crippen LogP contribution in [0.15, 0.2) is 36.7 Å². The van der Waals surface area contributed by atoms with Gasteiger partial charge in [-0.3, -0.25) is 4.98 Å². The summed E-state index contributed by atoms with van der Waals surface area (Å²) in [5.41, 5.74) is 1.01. The van der Waals surface area contributed by atoms with E-state index in [0.717, 1.165) is 12.1 Å². The fourth-order valence-corrected chi connectivity index (χ4v) is 1.40. The monoisotopic (exact) mass is 216 g/mol. The second-order valence-electron chi connectivity index (χ2n) is 3.17. The van der Waals surface area contributed by atoms with Crippen LogP contribution in [0.3, 0.4) is 0 Å². The van der Waals surface area contributed by atoms with Crippen molar-refractivity contribution >= 4 is 0 Å². The Balaban J connectivity index is 2.66. The first-order chi connectivity index (χ1) is 7.72. The molecule has 1 heterocycles. The lowest BCUT2D eigenvalue weighted by atomic mass is 10.0. The highest BCUT2D eigenvalue weighted by atomic mass is 19.2. The van der Waals surface area contributed by atoms with Gasteiger partial charge in [-0.1, -0.05) is 6.07 Å². The molecule has 1 aromatic heterocycles. The lowest BCUT2D eigenvalue weighted by Crippen LogP contribution is -1.91. The Bertz CT molecular complexity index is 559. The van der Waals surface area contributed by atoms with Gasteiger partial charge in [-0.25, -0.2) is 8.78 Å². The molecule has 0 atom stereocenters. The molecule has 0 saturated heterocycles. The molecule has 4 heteroatoms. The fourth-order valence-electron chi connectivity index (χ4n) is 1.40. The number of nitrogens with zero attached hydrogens (tertiary/aromatic N) is 2. The molecule has 0 radical (unpaired) electrons. The number of rotatable bonds is 1. The van der Waals surface area contributed by atoms with E-state index in [0.29, 0.717) is 11.1 Å². The Hall–Kier alpha value is -2.28. The summed E-state index contributed by atoms with van der Waals surface area (Å²) in [7, 11) is 0. The summed E-state index contributed by atoms with van der Waals surface area (Å²) in [6.45, 7) is 0. The van der Waals surface area contributed by atoms with Crippen molar-refractivity contribution in [3.05, 3.63) is 53.9 Å². The molecule has 0 aliphatic rings. The van der Waals surface area contributed by atoms with E-state index in [1.165, 1.54) is 6.20 Å². The van der Waals surface area contributed by atoms with Gasteiger partial charge in [0.15, 0.2) is 11.6 Å². The van der Waals surface area contributed by atoms with E-state index in [2.05, 4.69) is 4.98 Å². The van der Waals surface area contributed by atoms with Gasteiger partial charge in [0.05, 0.1) is 11.6 Å². The zero-order valence-corrected chi connectivity index (χ0v) is 8.11. The van der Waals surface area contributed by atoms with E-state index in [1.807, 2.05) is 6.07 Å². The van der Waals surface area contributed by atoms with Gasteiger partial charge in [0.1, 0.15) is 0 Å². The zero-order valence-electron chi connectivity index (χ0n) is 8.11. The Morgan fingerprint density at radius 3 is 2.56 bits per heavy atom. The van der Waals surface area contributed by atoms with E-state index in [9.17, 15) is 8.78 Å². The third-order valence-electron chi connectivity index (χ3n) is 2.15. The van der Waals surface area contributed by atoms with Crippen LogP contribution in [0.25, 0.3) is 11.1 Å². The number of halogens is 2. The molecule has 0 saturated carbocycles. The van der Waals surface area contributed by atoms with Gasteiger partial charge in [0.2, 0.25) is 0 Å². The van der Waals surface area contributed by atoms with Crippen molar-refractivity contribution < 1.29 is 8.78 Å². The van der Waals surface area contributed by atoms with Crippen LogP contribution in [0.4, 0.5) is 8.78 Å². The number of hydrogen-bond acceptors (Lipinski definition) is 2. The lowest BCUT2D eigenvalue weighted by Gasteiger charge is -2.04. The highest BCUT2D eigenvalue weighted by molar-refractivity contribution is 5.69. The van der Waals surface area contributed by atoms with Crippen LogP contribution in [0.1, 0.15) is 5.56 Å². The first-order valence-corrected chi connectivity index (χ1v) is 4.52. The minimum Gasteiger partial charge on any atom is -0.264 e.